The van der Waals surface area contributed by atoms with Gasteiger partial charge in [-0.05, 0) is 6.92 Å². The third-order valence-corrected chi connectivity index (χ3v) is 0.636. The maximum Gasteiger partial charge on any atom is 0.0940 e. The molecule has 0 fully saturated rings. The van der Waals surface area contributed by atoms with Crippen LogP contribution in [0.5, 0.6) is 0 Å². The van der Waals surface area contributed by atoms with Crippen LogP contribution in [-0.4, -0.2) is 13.2 Å². The SMILES string of the molecule is C=CC(C)ONC. The van der Waals surface area contributed by atoms with E-state index < -0.39 is 0 Å². The van der Waals surface area contributed by atoms with E-state index >= 15 is 0 Å². The topological polar surface area (TPSA) is 21.3 Å². The smallest absolute Gasteiger partial charge is 0.0940 e. The predicted molar refractivity (Wildman–Crippen MR) is 29.8 cm³/mol. The highest BCUT2D eigenvalue weighted by Gasteiger charge is 1.88. The maximum absolute atomic E-state index is 4.82. The van der Waals surface area contributed by atoms with Gasteiger partial charge in [-0.25, -0.2) is 5.48 Å². The first-order chi connectivity index (χ1) is 3.31. The molecule has 1 atom stereocenters. The van der Waals surface area contributed by atoms with Gasteiger partial charge in [0.1, 0.15) is 0 Å². The average molecular weight is 101 g/mol. The molecule has 0 aliphatic rings. The molecule has 0 spiro atoms. The summed E-state index contributed by atoms with van der Waals surface area (Å²) in [4.78, 5) is 4.82. The minimum atomic E-state index is 0.102. The first-order valence-corrected chi connectivity index (χ1v) is 2.26. The Hall–Kier alpha value is -0.340. The largest absolute Gasteiger partial charge is 0.295 e. The van der Waals surface area contributed by atoms with Crippen molar-refractivity contribution >= 4 is 0 Å². The van der Waals surface area contributed by atoms with Crippen LogP contribution in [0.15, 0.2) is 12.7 Å². The molecule has 2 nitrogen and oxygen atoms in total. The summed E-state index contributed by atoms with van der Waals surface area (Å²) in [6.07, 6.45) is 1.82. The lowest BCUT2D eigenvalue weighted by molar-refractivity contribution is 0.0255. The quantitative estimate of drug-likeness (QED) is 0.417. The van der Waals surface area contributed by atoms with Crippen molar-refractivity contribution in [3.8, 4) is 0 Å². The number of nitrogens with one attached hydrogen (secondary N) is 1. The van der Waals surface area contributed by atoms with E-state index in [-0.39, 0.29) is 6.10 Å². The Labute approximate surface area is 44.1 Å². The molecule has 0 aromatic carbocycles. The van der Waals surface area contributed by atoms with E-state index in [4.69, 9.17) is 4.84 Å². The maximum atomic E-state index is 4.82. The zero-order valence-electron chi connectivity index (χ0n) is 4.77. The summed E-state index contributed by atoms with van der Waals surface area (Å²) in [6.45, 7) is 5.42. The van der Waals surface area contributed by atoms with Gasteiger partial charge in [0.25, 0.3) is 0 Å². The molecule has 0 saturated carbocycles. The molecule has 42 valence electrons. The van der Waals surface area contributed by atoms with E-state index in [0.29, 0.717) is 0 Å². The predicted octanol–water partition coefficient (Wildman–Crippen LogP) is 0.712. The highest BCUT2D eigenvalue weighted by atomic mass is 16.6. The van der Waals surface area contributed by atoms with Crippen LogP contribution in [0.3, 0.4) is 0 Å². The van der Waals surface area contributed by atoms with E-state index in [2.05, 4.69) is 12.1 Å². The summed E-state index contributed by atoms with van der Waals surface area (Å²) in [5, 5.41) is 0. The molecule has 0 radical (unpaired) electrons. The second-order valence-corrected chi connectivity index (χ2v) is 1.26. The van der Waals surface area contributed by atoms with Crippen molar-refractivity contribution in [2.24, 2.45) is 0 Å². The highest BCUT2D eigenvalue weighted by Crippen LogP contribution is 1.83. The monoisotopic (exact) mass is 101 g/mol. The Bertz CT molecular complexity index is 54.0. The molecule has 0 aliphatic carbocycles. The molecule has 0 amide bonds. The second-order valence-electron chi connectivity index (χ2n) is 1.26. The van der Waals surface area contributed by atoms with Crippen molar-refractivity contribution in [2.75, 3.05) is 7.05 Å². The lowest BCUT2D eigenvalue weighted by Crippen LogP contribution is -2.14. The number of hydrogen-bond donors (Lipinski definition) is 1. The summed E-state index contributed by atoms with van der Waals surface area (Å²) in [7, 11) is 1.72. The molecule has 0 aliphatic heterocycles. The van der Waals surface area contributed by atoms with Crippen LogP contribution in [0.1, 0.15) is 6.92 Å². The molecule has 7 heavy (non-hydrogen) atoms. The van der Waals surface area contributed by atoms with Crippen LogP contribution in [0.2, 0.25) is 0 Å². The Kier molecular flexibility index (Phi) is 3.65. The zero-order chi connectivity index (χ0) is 5.70. The molecule has 0 bridgehead atoms. The van der Waals surface area contributed by atoms with Gasteiger partial charge in [-0.3, -0.25) is 4.84 Å². The molecule has 1 N–H and O–H groups in total. The third-order valence-electron chi connectivity index (χ3n) is 0.636. The van der Waals surface area contributed by atoms with Gasteiger partial charge in [-0.15, -0.1) is 6.58 Å². The molecule has 2 heteroatoms. The number of rotatable bonds is 3. The summed E-state index contributed by atoms with van der Waals surface area (Å²) in [5.41, 5.74) is 2.55. The lowest BCUT2D eigenvalue weighted by Gasteiger charge is -2.02. The van der Waals surface area contributed by atoms with Crippen molar-refractivity contribution in [2.45, 2.75) is 13.0 Å². The van der Waals surface area contributed by atoms with Gasteiger partial charge in [0.15, 0.2) is 0 Å². The van der Waals surface area contributed by atoms with Gasteiger partial charge >= 0.3 is 0 Å². The van der Waals surface area contributed by atoms with E-state index in [1.54, 1.807) is 13.1 Å². The fraction of sp³-hybridized carbons (Fsp3) is 0.600. The molecule has 0 aromatic rings. The molecule has 1 unspecified atom stereocenters. The van der Waals surface area contributed by atoms with E-state index in [1.165, 1.54) is 0 Å². The lowest BCUT2D eigenvalue weighted by atomic mass is 10.4. The molecule has 0 aromatic heterocycles. The van der Waals surface area contributed by atoms with Crippen LogP contribution >= 0.6 is 0 Å². The molecular formula is C5H11NO. The van der Waals surface area contributed by atoms with Gasteiger partial charge < -0.3 is 0 Å². The van der Waals surface area contributed by atoms with Crippen LogP contribution < -0.4 is 5.48 Å². The van der Waals surface area contributed by atoms with Crippen LogP contribution in [0.4, 0.5) is 0 Å². The van der Waals surface area contributed by atoms with Gasteiger partial charge in [0.2, 0.25) is 0 Å². The summed E-state index contributed by atoms with van der Waals surface area (Å²) in [6, 6.07) is 0. The van der Waals surface area contributed by atoms with Crippen molar-refractivity contribution in [1.29, 1.82) is 0 Å². The van der Waals surface area contributed by atoms with Crippen molar-refractivity contribution in [3.05, 3.63) is 12.7 Å². The fourth-order valence-corrected chi connectivity index (χ4v) is 0.234. The van der Waals surface area contributed by atoms with Crippen LogP contribution in [0, 0.1) is 0 Å². The first kappa shape index (κ1) is 6.66. The van der Waals surface area contributed by atoms with Gasteiger partial charge in [-0.2, -0.15) is 0 Å². The second kappa shape index (κ2) is 3.84. The third kappa shape index (κ3) is 3.49. The fourth-order valence-electron chi connectivity index (χ4n) is 0.234. The molecule has 0 rings (SSSR count). The van der Waals surface area contributed by atoms with Crippen molar-refractivity contribution in [3.63, 3.8) is 0 Å². The molecule has 0 saturated heterocycles. The zero-order valence-corrected chi connectivity index (χ0v) is 4.77. The van der Waals surface area contributed by atoms with Crippen LogP contribution in [-0.2, 0) is 4.84 Å². The summed E-state index contributed by atoms with van der Waals surface area (Å²) < 4.78 is 0. The Morgan fingerprint density at radius 2 is 2.43 bits per heavy atom. The normalized spacial score (nSPS) is 13.4. The highest BCUT2D eigenvalue weighted by molar-refractivity contribution is 4.73. The Balaban J connectivity index is 2.98. The van der Waals surface area contributed by atoms with Gasteiger partial charge in [-0.1, -0.05) is 6.08 Å². The Morgan fingerprint density at radius 1 is 1.86 bits per heavy atom. The first-order valence-electron chi connectivity index (χ1n) is 2.26. The minimum Gasteiger partial charge on any atom is -0.295 e. The van der Waals surface area contributed by atoms with Crippen LogP contribution in [0.25, 0.3) is 0 Å². The van der Waals surface area contributed by atoms with E-state index in [0.717, 1.165) is 0 Å². The van der Waals surface area contributed by atoms with Crippen molar-refractivity contribution < 1.29 is 4.84 Å². The van der Waals surface area contributed by atoms with E-state index in [9.17, 15) is 0 Å². The standard InChI is InChI=1S/C5H11NO/c1-4-5(2)7-6-3/h4-6H,1H2,2-3H3. The molecular weight excluding hydrogens is 90.1 g/mol. The molecule has 0 heterocycles. The number of hydroxylamine groups is 1. The van der Waals surface area contributed by atoms with Gasteiger partial charge in [0.05, 0.1) is 6.10 Å². The van der Waals surface area contributed by atoms with E-state index in [1.807, 2.05) is 6.92 Å². The minimum absolute atomic E-state index is 0.102. The Morgan fingerprint density at radius 3 is 2.57 bits per heavy atom. The van der Waals surface area contributed by atoms with Crippen molar-refractivity contribution in [1.82, 2.24) is 5.48 Å². The van der Waals surface area contributed by atoms with Gasteiger partial charge in [0, 0.05) is 7.05 Å². The number of hydrogen-bond acceptors (Lipinski definition) is 2. The summed E-state index contributed by atoms with van der Waals surface area (Å²) in [5.74, 6) is 0. The average Bonchev–Trinajstić information content (AvgIpc) is 1.68. The summed E-state index contributed by atoms with van der Waals surface area (Å²) >= 11 is 0.